The van der Waals surface area contributed by atoms with E-state index in [2.05, 4.69) is 20.8 Å². The zero-order valence-corrected chi connectivity index (χ0v) is 15.4. The highest BCUT2D eigenvalue weighted by molar-refractivity contribution is 9.11. The maximum atomic E-state index is 12.8. The van der Waals surface area contributed by atoms with Gasteiger partial charge in [-0.1, -0.05) is 0 Å². The van der Waals surface area contributed by atoms with E-state index in [-0.39, 0.29) is 6.04 Å². The normalized spacial score (nSPS) is 22.9. The summed E-state index contributed by atoms with van der Waals surface area (Å²) in [5.74, 6) is 0.330. The van der Waals surface area contributed by atoms with Crippen molar-refractivity contribution in [3.05, 3.63) is 14.7 Å². The van der Waals surface area contributed by atoms with Crippen LogP contribution in [0, 0.1) is 0 Å². The Labute approximate surface area is 137 Å². The van der Waals surface area contributed by atoms with Crippen LogP contribution in [0.4, 0.5) is 0 Å². The lowest BCUT2D eigenvalue weighted by Gasteiger charge is -2.26. The van der Waals surface area contributed by atoms with Crippen LogP contribution in [-0.4, -0.2) is 50.3 Å². The third kappa shape index (κ3) is 3.39. The first-order valence-electron chi connectivity index (χ1n) is 6.41. The molecule has 1 aromatic heterocycles. The summed E-state index contributed by atoms with van der Waals surface area (Å²) in [6.07, 6.45) is 0.851. The van der Waals surface area contributed by atoms with Crippen molar-refractivity contribution < 1.29 is 8.42 Å². The van der Waals surface area contributed by atoms with Gasteiger partial charge in [-0.25, -0.2) is 8.42 Å². The second kappa shape index (κ2) is 6.62. The Kier molecular flexibility index (Phi) is 5.53. The summed E-state index contributed by atoms with van der Waals surface area (Å²) in [5, 5.41) is 0. The largest absolute Gasteiger partial charge is 0.305 e. The Balaban J connectivity index is 2.35. The topological polar surface area (TPSA) is 40.6 Å². The molecule has 0 aromatic carbocycles. The fourth-order valence-corrected chi connectivity index (χ4v) is 6.86. The molecule has 0 saturated carbocycles. The van der Waals surface area contributed by atoms with Gasteiger partial charge in [0.1, 0.15) is 4.90 Å². The number of thiophene rings is 1. The second-order valence-corrected chi connectivity index (χ2v) is 9.65. The molecule has 4 nitrogen and oxygen atoms in total. The van der Waals surface area contributed by atoms with Gasteiger partial charge < -0.3 is 4.90 Å². The highest BCUT2D eigenvalue weighted by Gasteiger charge is 2.33. The zero-order valence-electron chi connectivity index (χ0n) is 11.5. The first-order chi connectivity index (χ1) is 9.36. The third-order valence-electron chi connectivity index (χ3n) is 3.41. The molecule has 2 heterocycles. The van der Waals surface area contributed by atoms with Gasteiger partial charge in [-0.3, -0.25) is 0 Å². The molecule has 0 N–H and O–H groups in total. The van der Waals surface area contributed by atoms with Crippen molar-refractivity contribution in [2.45, 2.75) is 30.2 Å². The predicted octanol–water partition coefficient (Wildman–Crippen LogP) is 2.96. The van der Waals surface area contributed by atoms with E-state index in [0.29, 0.717) is 21.1 Å². The first-order valence-corrected chi connectivity index (χ1v) is 9.99. The number of hydrogen-bond acceptors (Lipinski definition) is 4. The van der Waals surface area contributed by atoms with Gasteiger partial charge in [0.15, 0.2) is 0 Å². The molecule has 1 atom stereocenters. The molecule has 8 heteroatoms. The van der Waals surface area contributed by atoms with Gasteiger partial charge in [-0.2, -0.15) is 4.31 Å². The van der Waals surface area contributed by atoms with Crippen LogP contribution < -0.4 is 0 Å². The smallest absolute Gasteiger partial charge is 0.245 e. The Morgan fingerprint density at radius 1 is 1.50 bits per heavy atom. The fraction of sp³-hybridized carbons (Fsp3) is 0.667. The molecular formula is C12H18BrClN2O2S2. The van der Waals surface area contributed by atoms with Crippen LogP contribution in [0.2, 0.25) is 0 Å². The molecule has 1 aliphatic rings. The maximum absolute atomic E-state index is 12.8. The highest BCUT2D eigenvalue weighted by Crippen LogP contribution is 2.35. The summed E-state index contributed by atoms with van der Waals surface area (Å²) >= 11 is 10.5. The average Bonchev–Trinajstić information content (AvgIpc) is 2.67. The molecule has 1 unspecified atom stereocenters. The Morgan fingerprint density at radius 3 is 2.80 bits per heavy atom. The summed E-state index contributed by atoms with van der Waals surface area (Å²) in [6, 6.07) is 1.65. The summed E-state index contributed by atoms with van der Waals surface area (Å²) in [6.45, 7) is 4.20. The van der Waals surface area contributed by atoms with Crippen molar-refractivity contribution in [1.29, 1.82) is 0 Å². The highest BCUT2D eigenvalue weighted by atomic mass is 79.9. The van der Waals surface area contributed by atoms with Crippen LogP contribution in [-0.2, 0) is 15.9 Å². The predicted molar refractivity (Wildman–Crippen MR) is 87.0 cm³/mol. The number of sulfonamides is 1. The van der Waals surface area contributed by atoms with Gasteiger partial charge in [-0.05, 0) is 48.9 Å². The van der Waals surface area contributed by atoms with Crippen LogP contribution in [0.3, 0.4) is 0 Å². The Morgan fingerprint density at radius 2 is 2.20 bits per heavy atom. The molecule has 0 aliphatic carbocycles. The average molecular weight is 402 g/mol. The lowest BCUT2D eigenvalue weighted by Crippen LogP contribution is -2.41. The Hall–Kier alpha value is 0.340. The van der Waals surface area contributed by atoms with Gasteiger partial charge in [0, 0.05) is 24.0 Å². The van der Waals surface area contributed by atoms with Crippen molar-refractivity contribution in [1.82, 2.24) is 9.21 Å². The van der Waals surface area contributed by atoms with E-state index in [1.807, 2.05) is 14.0 Å². The van der Waals surface area contributed by atoms with E-state index in [4.69, 9.17) is 11.6 Å². The van der Waals surface area contributed by atoms with E-state index >= 15 is 0 Å². The zero-order chi connectivity index (χ0) is 14.9. The molecule has 2 rings (SSSR count). The lowest BCUT2D eigenvalue weighted by atomic mass is 10.3. The minimum Gasteiger partial charge on any atom is -0.305 e. The fourth-order valence-electron chi connectivity index (χ4n) is 2.47. The van der Waals surface area contributed by atoms with Gasteiger partial charge in [0.2, 0.25) is 10.0 Å². The van der Waals surface area contributed by atoms with E-state index in [1.54, 1.807) is 10.4 Å². The van der Waals surface area contributed by atoms with Crippen molar-refractivity contribution >= 4 is 48.9 Å². The van der Waals surface area contributed by atoms with Crippen LogP contribution in [0.5, 0.6) is 0 Å². The standard InChI is InChI=1S/C12H18BrClN2O2S2/c1-9-8-15(2)4-3-5-16(9)20(17,18)11-6-10(7-14)19-12(11)13/h6,9H,3-5,7-8H2,1-2H3. The maximum Gasteiger partial charge on any atom is 0.245 e. The summed E-state index contributed by atoms with van der Waals surface area (Å²) in [7, 11) is -1.44. The van der Waals surface area contributed by atoms with Crippen molar-refractivity contribution in [2.24, 2.45) is 0 Å². The summed E-state index contributed by atoms with van der Waals surface area (Å²) in [5.41, 5.74) is 0. The van der Waals surface area contributed by atoms with Gasteiger partial charge in [-0.15, -0.1) is 22.9 Å². The summed E-state index contributed by atoms with van der Waals surface area (Å²) < 4.78 is 27.9. The molecule has 20 heavy (non-hydrogen) atoms. The molecule has 0 spiro atoms. The Bertz CT molecular complexity index is 576. The van der Waals surface area contributed by atoms with E-state index in [0.717, 1.165) is 24.4 Å². The minimum atomic E-state index is -3.47. The quantitative estimate of drug-likeness (QED) is 0.731. The monoisotopic (exact) mass is 400 g/mol. The molecule has 1 fully saturated rings. The molecular weight excluding hydrogens is 384 g/mol. The number of hydrogen-bond donors (Lipinski definition) is 0. The number of rotatable bonds is 3. The SMILES string of the molecule is CC1CN(C)CCCN1S(=O)(=O)c1cc(CCl)sc1Br. The molecule has 1 aromatic rings. The lowest BCUT2D eigenvalue weighted by molar-refractivity contribution is 0.290. The van der Waals surface area contributed by atoms with E-state index in [1.165, 1.54) is 11.3 Å². The van der Waals surface area contributed by atoms with Crippen LogP contribution >= 0.6 is 38.9 Å². The van der Waals surface area contributed by atoms with Crippen LogP contribution in [0.1, 0.15) is 18.2 Å². The molecule has 0 bridgehead atoms. The number of alkyl halides is 1. The molecule has 0 radical (unpaired) electrons. The molecule has 1 aliphatic heterocycles. The first kappa shape index (κ1) is 16.7. The number of halogens is 2. The van der Waals surface area contributed by atoms with Crippen molar-refractivity contribution in [2.75, 3.05) is 26.7 Å². The minimum absolute atomic E-state index is 0.0289. The van der Waals surface area contributed by atoms with E-state index in [9.17, 15) is 8.42 Å². The molecule has 114 valence electrons. The van der Waals surface area contributed by atoms with Gasteiger partial charge in [0.05, 0.1) is 9.67 Å². The van der Waals surface area contributed by atoms with Gasteiger partial charge in [0.25, 0.3) is 0 Å². The van der Waals surface area contributed by atoms with Crippen LogP contribution in [0.15, 0.2) is 14.7 Å². The second-order valence-electron chi connectivity index (χ2n) is 5.06. The molecule has 0 amide bonds. The van der Waals surface area contributed by atoms with Crippen molar-refractivity contribution in [3.8, 4) is 0 Å². The number of nitrogens with zero attached hydrogens (tertiary/aromatic N) is 2. The summed E-state index contributed by atoms with van der Waals surface area (Å²) in [4.78, 5) is 3.37. The van der Waals surface area contributed by atoms with E-state index < -0.39 is 10.0 Å². The van der Waals surface area contributed by atoms with Crippen LogP contribution in [0.25, 0.3) is 0 Å². The third-order valence-corrected chi connectivity index (χ3v) is 8.12. The van der Waals surface area contributed by atoms with Gasteiger partial charge >= 0.3 is 0 Å². The molecule has 1 saturated heterocycles. The number of likely N-dealkylation sites (N-methyl/N-ethyl adjacent to an activating group) is 1. The van der Waals surface area contributed by atoms with Crippen molar-refractivity contribution in [3.63, 3.8) is 0 Å².